The molecule has 2 aromatic rings. The third-order valence-corrected chi connectivity index (χ3v) is 5.37. The number of benzene rings is 1. The molecule has 1 fully saturated rings. The van der Waals surface area contributed by atoms with E-state index in [-0.39, 0.29) is 12.1 Å². The standard InChI is InChI=1S/C20H27N5O2/c1-21-20-22-7-5-19(24-20)25-11-17(18(12-25)26-2)23-10-14-3-4-15-6-8-27-13-16(15)9-14/h3-5,7,9,17-18,23H,6,8,10-13H2,1-2H3,(H,21,22,24)/t17-,18+/m1/s1. The molecule has 7 nitrogen and oxygen atoms in total. The molecule has 2 aliphatic rings. The zero-order valence-electron chi connectivity index (χ0n) is 15.9. The van der Waals surface area contributed by atoms with Crippen LogP contribution in [0.4, 0.5) is 11.8 Å². The lowest BCUT2D eigenvalue weighted by Gasteiger charge is -2.20. The third-order valence-electron chi connectivity index (χ3n) is 5.37. The molecule has 0 amide bonds. The highest BCUT2D eigenvalue weighted by atomic mass is 16.5. The highest BCUT2D eigenvalue weighted by Gasteiger charge is 2.33. The van der Waals surface area contributed by atoms with Gasteiger partial charge < -0.3 is 25.0 Å². The molecule has 1 saturated heterocycles. The maximum atomic E-state index is 5.73. The van der Waals surface area contributed by atoms with Gasteiger partial charge in [-0.2, -0.15) is 4.98 Å². The molecule has 27 heavy (non-hydrogen) atoms. The minimum Gasteiger partial charge on any atom is -0.378 e. The number of nitrogens with zero attached hydrogens (tertiary/aromatic N) is 3. The van der Waals surface area contributed by atoms with E-state index in [0.717, 1.165) is 45.1 Å². The van der Waals surface area contributed by atoms with Gasteiger partial charge in [-0.05, 0) is 29.2 Å². The molecule has 7 heteroatoms. The fraction of sp³-hybridized carbons (Fsp3) is 0.500. The Morgan fingerprint density at radius 1 is 1.26 bits per heavy atom. The molecule has 144 valence electrons. The highest BCUT2D eigenvalue weighted by molar-refractivity contribution is 5.44. The summed E-state index contributed by atoms with van der Waals surface area (Å²) in [5.41, 5.74) is 4.01. The second-order valence-corrected chi connectivity index (χ2v) is 7.06. The molecule has 0 aliphatic carbocycles. The number of aromatic nitrogens is 2. The lowest BCUT2D eigenvalue weighted by atomic mass is 10.0. The van der Waals surface area contributed by atoms with E-state index < -0.39 is 0 Å². The monoisotopic (exact) mass is 369 g/mol. The molecular formula is C20H27N5O2. The minimum absolute atomic E-state index is 0.124. The van der Waals surface area contributed by atoms with Crippen LogP contribution in [0.1, 0.15) is 16.7 Å². The molecule has 0 saturated carbocycles. The highest BCUT2D eigenvalue weighted by Crippen LogP contribution is 2.22. The number of methoxy groups -OCH3 is 1. The van der Waals surface area contributed by atoms with Gasteiger partial charge in [-0.15, -0.1) is 0 Å². The quantitative estimate of drug-likeness (QED) is 0.801. The second-order valence-electron chi connectivity index (χ2n) is 7.06. The zero-order valence-corrected chi connectivity index (χ0v) is 15.9. The Bertz CT molecular complexity index is 785. The molecule has 2 N–H and O–H groups in total. The first-order valence-corrected chi connectivity index (χ1v) is 9.47. The molecule has 0 unspecified atom stereocenters. The third kappa shape index (κ3) is 4.05. The largest absolute Gasteiger partial charge is 0.378 e. The van der Waals surface area contributed by atoms with Crippen LogP contribution in [0.5, 0.6) is 0 Å². The Morgan fingerprint density at radius 2 is 2.19 bits per heavy atom. The van der Waals surface area contributed by atoms with Gasteiger partial charge in [-0.3, -0.25) is 0 Å². The van der Waals surface area contributed by atoms with Gasteiger partial charge in [0.05, 0.1) is 25.4 Å². The van der Waals surface area contributed by atoms with Gasteiger partial charge in [0.1, 0.15) is 5.82 Å². The number of hydrogen-bond donors (Lipinski definition) is 2. The van der Waals surface area contributed by atoms with E-state index in [1.165, 1.54) is 16.7 Å². The molecule has 0 radical (unpaired) electrons. The van der Waals surface area contributed by atoms with Gasteiger partial charge in [0.25, 0.3) is 0 Å². The normalized spacial score (nSPS) is 21.9. The summed E-state index contributed by atoms with van der Waals surface area (Å²) in [6.07, 6.45) is 2.92. The van der Waals surface area contributed by atoms with Crippen molar-refractivity contribution < 1.29 is 9.47 Å². The number of rotatable bonds is 6. The van der Waals surface area contributed by atoms with Crippen LogP contribution in [0, 0.1) is 0 Å². The van der Waals surface area contributed by atoms with E-state index in [0.29, 0.717) is 5.95 Å². The number of hydrogen-bond acceptors (Lipinski definition) is 7. The van der Waals surface area contributed by atoms with Crippen LogP contribution < -0.4 is 15.5 Å². The Kier molecular flexibility index (Phi) is 5.52. The number of fused-ring (bicyclic) bond motifs is 1. The van der Waals surface area contributed by atoms with Crippen LogP contribution in [0.2, 0.25) is 0 Å². The van der Waals surface area contributed by atoms with Gasteiger partial charge in [0.2, 0.25) is 5.95 Å². The van der Waals surface area contributed by atoms with Crippen molar-refractivity contribution in [3.8, 4) is 0 Å². The van der Waals surface area contributed by atoms with Crippen molar-refractivity contribution in [1.29, 1.82) is 0 Å². The van der Waals surface area contributed by atoms with Crippen LogP contribution in [0.25, 0.3) is 0 Å². The smallest absolute Gasteiger partial charge is 0.224 e. The Hall–Kier alpha value is -2.22. The number of anilines is 2. The zero-order chi connectivity index (χ0) is 18.6. The van der Waals surface area contributed by atoms with Crippen molar-refractivity contribution in [1.82, 2.24) is 15.3 Å². The van der Waals surface area contributed by atoms with E-state index in [9.17, 15) is 0 Å². The molecule has 3 heterocycles. The summed E-state index contributed by atoms with van der Waals surface area (Å²) in [5.74, 6) is 1.56. The SMILES string of the molecule is CNc1nccc(N2C[C@H](OC)[C@H](NCc3ccc4c(c3)COCC4)C2)n1. The minimum atomic E-state index is 0.124. The molecule has 0 bridgehead atoms. The van der Waals surface area contributed by atoms with Crippen LogP contribution in [-0.2, 0) is 29.0 Å². The second kappa shape index (κ2) is 8.21. The summed E-state index contributed by atoms with van der Waals surface area (Å²) in [7, 11) is 3.60. The van der Waals surface area contributed by atoms with Crippen LogP contribution in [0.15, 0.2) is 30.5 Å². The fourth-order valence-electron chi connectivity index (χ4n) is 3.82. The lowest BCUT2D eigenvalue weighted by Crippen LogP contribution is -2.39. The van der Waals surface area contributed by atoms with Crippen molar-refractivity contribution in [2.75, 3.05) is 44.1 Å². The maximum Gasteiger partial charge on any atom is 0.224 e. The number of ether oxygens (including phenoxy) is 2. The summed E-state index contributed by atoms with van der Waals surface area (Å²) in [4.78, 5) is 11.0. The van der Waals surface area contributed by atoms with Crippen molar-refractivity contribution in [2.24, 2.45) is 0 Å². The number of nitrogens with one attached hydrogen (secondary N) is 2. The van der Waals surface area contributed by atoms with E-state index in [2.05, 4.69) is 43.7 Å². The van der Waals surface area contributed by atoms with Crippen molar-refractivity contribution in [2.45, 2.75) is 31.7 Å². The maximum absolute atomic E-state index is 5.73. The van der Waals surface area contributed by atoms with E-state index >= 15 is 0 Å². The average molecular weight is 369 g/mol. The molecule has 2 aliphatic heterocycles. The lowest BCUT2D eigenvalue weighted by molar-refractivity contribution is 0.0966. The first-order valence-electron chi connectivity index (χ1n) is 9.47. The van der Waals surface area contributed by atoms with E-state index in [1.807, 2.05) is 13.1 Å². The molecule has 1 aromatic carbocycles. The molecule has 0 spiro atoms. The fourth-order valence-corrected chi connectivity index (χ4v) is 3.82. The molecule has 1 aromatic heterocycles. The van der Waals surface area contributed by atoms with Gasteiger partial charge in [0.15, 0.2) is 0 Å². The van der Waals surface area contributed by atoms with Crippen molar-refractivity contribution in [3.05, 3.63) is 47.2 Å². The predicted molar refractivity (Wildman–Crippen MR) is 105 cm³/mol. The molecular weight excluding hydrogens is 342 g/mol. The summed E-state index contributed by atoms with van der Waals surface area (Å²) < 4.78 is 11.3. The van der Waals surface area contributed by atoms with Crippen LogP contribution in [-0.4, -0.2) is 56.0 Å². The Labute approximate surface area is 160 Å². The van der Waals surface area contributed by atoms with E-state index in [1.54, 1.807) is 13.3 Å². The topological polar surface area (TPSA) is 71.5 Å². The van der Waals surface area contributed by atoms with Crippen LogP contribution in [0.3, 0.4) is 0 Å². The summed E-state index contributed by atoms with van der Waals surface area (Å²) >= 11 is 0. The van der Waals surface area contributed by atoms with E-state index in [4.69, 9.17) is 9.47 Å². The summed E-state index contributed by atoms with van der Waals surface area (Å²) in [5, 5.41) is 6.66. The van der Waals surface area contributed by atoms with Gasteiger partial charge in [0, 0.05) is 40.0 Å². The van der Waals surface area contributed by atoms with Crippen molar-refractivity contribution >= 4 is 11.8 Å². The molecule has 2 atom stereocenters. The van der Waals surface area contributed by atoms with Crippen molar-refractivity contribution in [3.63, 3.8) is 0 Å². The summed E-state index contributed by atoms with van der Waals surface area (Å²) in [6.45, 7) is 4.04. The first kappa shape index (κ1) is 18.2. The Morgan fingerprint density at radius 3 is 3.04 bits per heavy atom. The summed E-state index contributed by atoms with van der Waals surface area (Å²) in [6, 6.07) is 8.91. The van der Waals surface area contributed by atoms with Crippen LogP contribution >= 0.6 is 0 Å². The molecule has 4 rings (SSSR count). The van der Waals surface area contributed by atoms with Gasteiger partial charge >= 0.3 is 0 Å². The van der Waals surface area contributed by atoms with Gasteiger partial charge in [-0.25, -0.2) is 4.98 Å². The first-order chi connectivity index (χ1) is 13.3. The Balaban J connectivity index is 1.41. The average Bonchev–Trinajstić information content (AvgIpc) is 3.15. The predicted octanol–water partition coefficient (Wildman–Crippen LogP) is 1.58. The van der Waals surface area contributed by atoms with Gasteiger partial charge in [-0.1, -0.05) is 18.2 Å².